The van der Waals surface area contributed by atoms with Crippen LogP contribution in [0.1, 0.15) is 35.8 Å². The number of nitrogens with zero attached hydrogens (tertiary/aromatic N) is 2. The molecule has 3 heterocycles. The van der Waals surface area contributed by atoms with Gasteiger partial charge in [0.05, 0.1) is 5.69 Å². The number of fused-ring (bicyclic) bond motifs is 1. The van der Waals surface area contributed by atoms with E-state index in [4.69, 9.17) is 0 Å². The number of thioether (sulfide) groups is 1. The molecule has 1 aromatic heterocycles. The van der Waals surface area contributed by atoms with E-state index in [1.165, 1.54) is 35.6 Å². The minimum absolute atomic E-state index is 0.592. The average molecular weight is 221 g/mol. The normalized spacial score (nSPS) is 25.2. The van der Waals surface area contributed by atoms with Crippen LogP contribution in [0.3, 0.4) is 0 Å². The smallest absolute Gasteiger partial charge is 0.132 e. The van der Waals surface area contributed by atoms with E-state index >= 15 is 0 Å². The summed E-state index contributed by atoms with van der Waals surface area (Å²) in [6.07, 6.45) is 4.59. The van der Waals surface area contributed by atoms with E-state index < -0.39 is 0 Å². The molecule has 4 heteroatoms. The molecule has 1 unspecified atom stereocenters. The van der Waals surface area contributed by atoms with Crippen LogP contribution in [0.15, 0.2) is 6.20 Å². The summed E-state index contributed by atoms with van der Waals surface area (Å²) >= 11 is 2.04. The molecule has 0 aromatic carbocycles. The highest BCUT2D eigenvalue weighted by Gasteiger charge is 2.20. The largest absolute Gasteiger partial charge is 0.307 e. The Balaban J connectivity index is 1.85. The highest BCUT2D eigenvalue weighted by molar-refractivity contribution is 7.99. The zero-order valence-electron chi connectivity index (χ0n) is 8.70. The summed E-state index contributed by atoms with van der Waals surface area (Å²) in [5, 5.41) is 3.31. The Hall–Kier alpha value is -0.610. The molecule has 2 aliphatic rings. The van der Waals surface area contributed by atoms with E-state index in [0.717, 1.165) is 18.9 Å². The maximum absolute atomic E-state index is 4.69. The Morgan fingerprint density at radius 2 is 2.40 bits per heavy atom. The number of hydrogen-bond acceptors (Lipinski definition) is 4. The summed E-state index contributed by atoms with van der Waals surface area (Å²) in [6, 6.07) is 0. The van der Waals surface area contributed by atoms with Crippen molar-refractivity contribution in [2.24, 2.45) is 0 Å². The molecule has 3 nitrogen and oxygen atoms in total. The van der Waals surface area contributed by atoms with Crippen LogP contribution in [0.25, 0.3) is 0 Å². The standard InChI is InChI=1S/C11H15N3S/c1-2-8(7-15-3-1)11-13-5-9-4-12-6-10(9)14-11/h5,8,12H,1-4,6-7H2. The molecule has 0 spiro atoms. The lowest BCUT2D eigenvalue weighted by Crippen LogP contribution is -2.13. The van der Waals surface area contributed by atoms with E-state index in [2.05, 4.69) is 15.3 Å². The third-order valence-corrected chi connectivity index (χ3v) is 4.32. The molecular weight excluding hydrogens is 206 g/mol. The summed E-state index contributed by atoms with van der Waals surface area (Å²) in [5.41, 5.74) is 2.50. The first kappa shape index (κ1) is 9.60. The van der Waals surface area contributed by atoms with Crippen LogP contribution >= 0.6 is 11.8 Å². The second kappa shape index (κ2) is 4.10. The van der Waals surface area contributed by atoms with Crippen LogP contribution in [0.5, 0.6) is 0 Å². The quantitative estimate of drug-likeness (QED) is 0.783. The van der Waals surface area contributed by atoms with Crippen LogP contribution in [0, 0.1) is 0 Å². The van der Waals surface area contributed by atoms with Gasteiger partial charge >= 0.3 is 0 Å². The van der Waals surface area contributed by atoms with Gasteiger partial charge in [-0.15, -0.1) is 0 Å². The Morgan fingerprint density at radius 3 is 3.27 bits per heavy atom. The SMILES string of the molecule is c1nc(C2CCCSC2)nc2c1CNC2. The van der Waals surface area contributed by atoms with Gasteiger partial charge in [0.2, 0.25) is 0 Å². The number of hydrogen-bond donors (Lipinski definition) is 1. The Labute approximate surface area is 94.1 Å². The van der Waals surface area contributed by atoms with Gasteiger partial charge in [0.15, 0.2) is 0 Å². The van der Waals surface area contributed by atoms with Gasteiger partial charge in [-0.05, 0) is 18.6 Å². The zero-order chi connectivity index (χ0) is 10.1. The third kappa shape index (κ3) is 1.88. The van der Waals surface area contributed by atoms with Gasteiger partial charge in [-0.2, -0.15) is 11.8 Å². The maximum atomic E-state index is 4.69. The van der Waals surface area contributed by atoms with Crippen molar-refractivity contribution in [2.45, 2.75) is 31.8 Å². The van der Waals surface area contributed by atoms with Crippen molar-refractivity contribution >= 4 is 11.8 Å². The van der Waals surface area contributed by atoms with Crippen molar-refractivity contribution in [3.05, 3.63) is 23.3 Å². The summed E-state index contributed by atoms with van der Waals surface area (Å²) in [4.78, 5) is 9.20. The lowest BCUT2D eigenvalue weighted by Gasteiger charge is -2.20. The molecule has 80 valence electrons. The minimum atomic E-state index is 0.592. The minimum Gasteiger partial charge on any atom is -0.307 e. The van der Waals surface area contributed by atoms with Gasteiger partial charge in [0.25, 0.3) is 0 Å². The van der Waals surface area contributed by atoms with Gasteiger partial charge in [-0.25, -0.2) is 9.97 Å². The summed E-state index contributed by atoms with van der Waals surface area (Å²) < 4.78 is 0. The van der Waals surface area contributed by atoms with Crippen LogP contribution in [0.4, 0.5) is 0 Å². The van der Waals surface area contributed by atoms with Crippen LogP contribution in [-0.2, 0) is 13.1 Å². The van der Waals surface area contributed by atoms with Gasteiger partial charge in [-0.1, -0.05) is 0 Å². The van der Waals surface area contributed by atoms with E-state index in [-0.39, 0.29) is 0 Å². The fraction of sp³-hybridized carbons (Fsp3) is 0.636. The molecule has 0 aliphatic carbocycles. The van der Waals surface area contributed by atoms with Crippen molar-refractivity contribution in [3.63, 3.8) is 0 Å². The van der Waals surface area contributed by atoms with Crippen molar-refractivity contribution < 1.29 is 0 Å². The van der Waals surface area contributed by atoms with E-state index in [1.54, 1.807) is 0 Å². The molecule has 1 N–H and O–H groups in total. The van der Waals surface area contributed by atoms with Crippen LogP contribution in [-0.4, -0.2) is 21.5 Å². The molecule has 1 fully saturated rings. The van der Waals surface area contributed by atoms with E-state index in [9.17, 15) is 0 Å². The van der Waals surface area contributed by atoms with Crippen molar-refractivity contribution in [2.75, 3.05) is 11.5 Å². The third-order valence-electron chi connectivity index (χ3n) is 3.11. The second-order valence-corrected chi connectivity index (χ2v) is 5.37. The van der Waals surface area contributed by atoms with Crippen LogP contribution in [0.2, 0.25) is 0 Å². The number of nitrogens with one attached hydrogen (secondary N) is 1. The molecule has 0 saturated carbocycles. The Morgan fingerprint density at radius 1 is 1.40 bits per heavy atom. The number of rotatable bonds is 1. The summed E-state index contributed by atoms with van der Waals surface area (Å²) in [7, 11) is 0. The average Bonchev–Trinajstić information content (AvgIpc) is 2.77. The summed E-state index contributed by atoms with van der Waals surface area (Å²) in [5.74, 6) is 4.18. The van der Waals surface area contributed by atoms with E-state index in [0.29, 0.717) is 5.92 Å². The molecule has 0 radical (unpaired) electrons. The van der Waals surface area contributed by atoms with E-state index in [1.807, 2.05) is 18.0 Å². The lowest BCUT2D eigenvalue weighted by atomic mass is 10.0. The monoisotopic (exact) mass is 221 g/mol. The Bertz CT molecular complexity index is 361. The fourth-order valence-electron chi connectivity index (χ4n) is 2.21. The molecule has 1 saturated heterocycles. The first-order valence-electron chi connectivity index (χ1n) is 5.56. The number of aromatic nitrogens is 2. The van der Waals surface area contributed by atoms with Crippen molar-refractivity contribution in [1.29, 1.82) is 0 Å². The maximum Gasteiger partial charge on any atom is 0.132 e. The predicted molar refractivity (Wildman–Crippen MR) is 61.9 cm³/mol. The van der Waals surface area contributed by atoms with Crippen molar-refractivity contribution in [3.8, 4) is 0 Å². The molecule has 0 amide bonds. The molecule has 3 rings (SSSR count). The summed E-state index contributed by atoms with van der Waals surface area (Å²) in [6.45, 7) is 1.86. The molecule has 15 heavy (non-hydrogen) atoms. The molecular formula is C11H15N3S. The highest BCUT2D eigenvalue weighted by atomic mass is 32.2. The first-order chi connectivity index (χ1) is 7.43. The van der Waals surface area contributed by atoms with Crippen LogP contribution < -0.4 is 5.32 Å². The van der Waals surface area contributed by atoms with Crippen molar-refractivity contribution in [1.82, 2.24) is 15.3 Å². The molecule has 2 aliphatic heterocycles. The first-order valence-corrected chi connectivity index (χ1v) is 6.72. The zero-order valence-corrected chi connectivity index (χ0v) is 9.52. The van der Waals surface area contributed by atoms with Gasteiger partial charge in [-0.3, -0.25) is 0 Å². The Kier molecular flexibility index (Phi) is 2.63. The topological polar surface area (TPSA) is 37.8 Å². The molecule has 0 bridgehead atoms. The second-order valence-electron chi connectivity index (χ2n) is 4.22. The highest BCUT2D eigenvalue weighted by Crippen LogP contribution is 2.29. The fourth-order valence-corrected chi connectivity index (χ4v) is 3.35. The van der Waals surface area contributed by atoms with Gasteiger partial charge in [0, 0.05) is 36.5 Å². The van der Waals surface area contributed by atoms with Gasteiger partial charge < -0.3 is 5.32 Å². The van der Waals surface area contributed by atoms with Gasteiger partial charge in [0.1, 0.15) is 5.82 Å². The molecule has 1 aromatic rings. The lowest BCUT2D eigenvalue weighted by molar-refractivity contribution is 0.618. The molecule has 1 atom stereocenters. The predicted octanol–water partition coefficient (Wildman–Crippen LogP) is 1.69.